The molecule has 0 N–H and O–H groups in total. The zero-order chi connectivity index (χ0) is 13.7. The Balaban J connectivity index is 2.19. The summed E-state index contributed by atoms with van der Waals surface area (Å²) in [5, 5.41) is 0. The maximum absolute atomic E-state index is 11.6. The van der Waals surface area contributed by atoms with Crippen molar-refractivity contribution in [3.8, 4) is 5.75 Å². The SMILES string of the molecule is COCc1cc(OC2CCCC2)cc(C(=O)OC)n1. The zero-order valence-corrected chi connectivity index (χ0v) is 11.3. The van der Waals surface area contributed by atoms with Crippen LogP contribution in [0.15, 0.2) is 12.1 Å². The van der Waals surface area contributed by atoms with E-state index >= 15 is 0 Å². The van der Waals surface area contributed by atoms with Crippen molar-refractivity contribution in [2.75, 3.05) is 14.2 Å². The van der Waals surface area contributed by atoms with Gasteiger partial charge in [0.25, 0.3) is 0 Å². The number of carbonyl (C=O) groups is 1. The van der Waals surface area contributed by atoms with Gasteiger partial charge in [-0.15, -0.1) is 0 Å². The Morgan fingerprint density at radius 3 is 2.68 bits per heavy atom. The molecule has 0 saturated heterocycles. The lowest BCUT2D eigenvalue weighted by molar-refractivity contribution is 0.0592. The zero-order valence-electron chi connectivity index (χ0n) is 11.3. The third-order valence-electron chi connectivity index (χ3n) is 3.14. The smallest absolute Gasteiger partial charge is 0.356 e. The molecule has 0 spiro atoms. The van der Waals surface area contributed by atoms with Gasteiger partial charge in [-0.1, -0.05) is 0 Å². The van der Waals surface area contributed by atoms with Crippen LogP contribution in [0.4, 0.5) is 0 Å². The quantitative estimate of drug-likeness (QED) is 0.765. The van der Waals surface area contributed by atoms with Crippen LogP contribution in [-0.4, -0.2) is 31.3 Å². The van der Waals surface area contributed by atoms with Crippen molar-refractivity contribution >= 4 is 5.97 Å². The highest BCUT2D eigenvalue weighted by atomic mass is 16.5. The summed E-state index contributed by atoms with van der Waals surface area (Å²) in [5.41, 5.74) is 0.920. The van der Waals surface area contributed by atoms with Crippen LogP contribution in [-0.2, 0) is 16.1 Å². The molecule has 104 valence electrons. The van der Waals surface area contributed by atoms with Crippen molar-refractivity contribution in [3.63, 3.8) is 0 Å². The van der Waals surface area contributed by atoms with E-state index < -0.39 is 5.97 Å². The van der Waals surface area contributed by atoms with Crippen LogP contribution in [0.5, 0.6) is 5.75 Å². The summed E-state index contributed by atoms with van der Waals surface area (Å²) in [4.78, 5) is 15.8. The minimum absolute atomic E-state index is 0.239. The molecular weight excluding hydrogens is 246 g/mol. The van der Waals surface area contributed by atoms with E-state index in [0.717, 1.165) is 12.8 Å². The lowest BCUT2D eigenvalue weighted by Crippen LogP contribution is -2.13. The van der Waals surface area contributed by atoms with E-state index in [2.05, 4.69) is 4.98 Å². The van der Waals surface area contributed by atoms with Gasteiger partial charge in [0.2, 0.25) is 0 Å². The fraction of sp³-hybridized carbons (Fsp3) is 0.571. The highest BCUT2D eigenvalue weighted by Gasteiger charge is 2.18. The molecule has 0 unspecified atom stereocenters. The highest BCUT2D eigenvalue weighted by molar-refractivity contribution is 5.87. The van der Waals surface area contributed by atoms with Crippen LogP contribution in [0.3, 0.4) is 0 Å². The first-order valence-corrected chi connectivity index (χ1v) is 6.48. The predicted octanol–water partition coefficient (Wildman–Crippen LogP) is 2.34. The van der Waals surface area contributed by atoms with Crippen LogP contribution < -0.4 is 4.74 Å². The summed E-state index contributed by atoms with van der Waals surface area (Å²) in [6.45, 7) is 0.339. The normalized spacial score (nSPS) is 15.5. The number of nitrogens with zero attached hydrogens (tertiary/aromatic N) is 1. The standard InChI is InChI=1S/C14H19NO4/c1-17-9-10-7-12(19-11-5-3-4-6-11)8-13(15-10)14(16)18-2/h7-8,11H,3-6,9H2,1-2H3. The summed E-state index contributed by atoms with van der Waals surface area (Å²) in [6, 6.07) is 3.44. The van der Waals surface area contributed by atoms with Crippen molar-refractivity contribution in [2.45, 2.75) is 38.4 Å². The number of methoxy groups -OCH3 is 2. The summed E-state index contributed by atoms with van der Waals surface area (Å²) in [6.07, 6.45) is 4.77. The second-order valence-electron chi connectivity index (χ2n) is 4.63. The summed E-state index contributed by atoms with van der Waals surface area (Å²) >= 11 is 0. The van der Waals surface area contributed by atoms with Gasteiger partial charge >= 0.3 is 5.97 Å². The van der Waals surface area contributed by atoms with Gasteiger partial charge in [0.05, 0.1) is 25.5 Å². The molecule has 2 rings (SSSR count). The molecule has 0 atom stereocenters. The Kier molecular flexibility index (Phi) is 4.74. The van der Waals surface area contributed by atoms with Gasteiger partial charge in [-0.25, -0.2) is 9.78 Å². The van der Waals surface area contributed by atoms with Crippen molar-refractivity contribution in [1.29, 1.82) is 0 Å². The minimum atomic E-state index is -0.464. The number of hydrogen-bond acceptors (Lipinski definition) is 5. The molecule has 0 aromatic carbocycles. The van der Waals surface area contributed by atoms with Gasteiger partial charge in [-0.3, -0.25) is 0 Å². The Hall–Kier alpha value is -1.62. The van der Waals surface area contributed by atoms with Gasteiger partial charge in [0.15, 0.2) is 5.69 Å². The van der Waals surface area contributed by atoms with Crippen molar-refractivity contribution in [1.82, 2.24) is 4.98 Å². The fourth-order valence-corrected chi connectivity index (χ4v) is 2.26. The molecule has 0 radical (unpaired) electrons. The van der Waals surface area contributed by atoms with Crippen molar-refractivity contribution in [3.05, 3.63) is 23.5 Å². The lowest BCUT2D eigenvalue weighted by Gasteiger charge is -2.14. The monoisotopic (exact) mass is 265 g/mol. The Morgan fingerprint density at radius 2 is 2.05 bits per heavy atom. The topological polar surface area (TPSA) is 57.7 Å². The molecule has 1 aromatic rings. The first-order valence-electron chi connectivity index (χ1n) is 6.48. The number of rotatable bonds is 5. The number of aromatic nitrogens is 1. The average molecular weight is 265 g/mol. The molecule has 1 heterocycles. The molecule has 0 aliphatic heterocycles. The largest absolute Gasteiger partial charge is 0.490 e. The van der Waals surface area contributed by atoms with E-state index in [4.69, 9.17) is 14.2 Å². The molecule has 1 aliphatic carbocycles. The van der Waals surface area contributed by atoms with Gasteiger partial charge in [-0.05, 0) is 25.7 Å². The predicted molar refractivity (Wildman–Crippen MR) is 69.2 cm³/mol. The molecule has 0 bridgehead atoms. The minimum Gasteiger partial charge on any atom is -0.490 e. The molecule has 1 aromatic heterocycles. The van der Waals surface area contributed by atoms with Crippen molar-refractivity contribution in [2.24, 2.45) is 0 Å². The molecule has 5 nitrogen and oxygen atoms in total. The van der Waals surface area contributed by atoms with Gasteiger partial charge in [0.1, 0.15) is 5.75 Å². The summed E-state index contributed by atoms with van der Waals surface area (Å²) in [5.74, 6) is 0.198. The second kappa shape index (κ2) is 6.52. The lowest BCUT2D eigenvalue weighted by atomic mass is 10.2. The molecule has 19 heavy (non-hydrogen) atoms. The number of pyridine rings is 1. The van der Waals surface area contributed by atoms with Crippen LogP contribution in [0.25, 0.3) is 0 Å². The number of esters is 1. The molecular formula is C14H19NO4. The summed E-state index contributed by atoms with van der Waals surface area (Å²) in [7, 11) is 2.93. The molecule has 1 fully saturated rings. The molecule has 1 aliphatic rings. The van der Waals surface area contributed by atoms with E-state index in [1.54, 1.807) is 13.2 Å². The molecule has 1 saturated carbocycles. The number of carbonyl (C=O) groups excluding carboxylic acids is 1. The summed E-state index contributed by atoms with van der Waals surface area (Å²) < 4.78 is 15.6. The molecule has 0 amide bonds. The van der Waals surface area contributed by atoms with Crippen LogP contribution in [0.2, 0.25) is 0 Å². The van der Waals surface area contributed by atoms with Gasteiger partial charge in [-0.2, -0.15) is 0 Å². The Labute approximate surface area is 112 Å². The Bertz CT molecular complexity index is 441. The molecule has 5 heteroatoms. The third kappa shape index (κ3) is 3.67. The average Bonchev–Trinajstić information content (AvgIpc) is 2.90. The van der Waals surface area contributed by atoms with Crippen LogP contribution in [0, 0.1) is 0 Å². The first-order chi connectivity index (χ1) is 9.22. The van der Waals surface area contributed by atoms with Crippen molar-refractivity contribution < 1.29 is 19.0 Å². The van der Waals surface area contributed by atoms with E-state index in [-0.39, 0.29) is 11.8 Å². The maximum Gasteiger partial charge on any atom is 0.356 e. The van der Waals surface area contributed by atoms with E-state index in [9.17, 15) is 4.79 Å². The number of ether oxygens (including phenoxy) is 3. The van der Waals surface area contributed by atoms with Crippen LogP contribution >= 0.6 is 0 Å². The number of hydrogen-bond donors (Lipinski definition) is 0. The van der Waals surface area contributed by atoms with Crippen LogP contribution in [0.1, 0.15) is 41.9 Å². The Morgan fingerprint density at radius 1 is 1.32 bits per heavy atom. The van der Waals surface area contributed by atoms with Gasteiger partial charge in [0, 0.05) is 19.2 Å². The van der Waals surface area contributed by atoms with E-state index in [1.165, 1.54) is 20.0 Å². The fourth-order valence-electron chi connectivity index (χ4n) is 2.26. The van der Waals surface area contributed by atoms with Gasteiger partial charge < -0.3 is 14.2 Å². The van der Waals surface area contributed by atoms with E-state index in [1.807, 2.05) is 6.07 Å². The maximum atomic E-state index is 11.6. The third-order valence-corrected chi connectivity index (χ3v) is 3.14. The second-order valence-corrected chi connectivity index (χ2v) is 4.63. The first kappa shape index (κ1) is 13.8. The van der Waals surface area contributed by atoms with E-state index in [0.29, 0.717) is 18.1 Å². The highest BCUT2D eigenvalue weighted by Crippen LogP contribution is 2.25.